The van der Waals surface area contributed by atoms with Crippen LogP contribution in [0.15, 0.2) is 18.2 Å². The molecule has 0 fully saturated rings. The third-order valence-corrected chi connectivity index (χ3v) is 3.97. The lowest BCUT2D eigenvalue weighted by atomic mass is 10.1. The Morgan fingerprint density at radius 3 is 2.71 bits per heavy atom. The van der Waals surface area contributed by atoms with E-state index in [9.17, 15) is 4.39 Å². The highest BCUT2D eigenvalue weighted by molar-refractivity contribution is 7.99. The molecule has 0 spiro atoms. The Balaban J connectivity index is 2.88. The fourth-order valence-corrected chi connectivity index (χ4v) is 1.64. The fraction of sp³-hybridized carbons (Fsp3) is 0.417. The van der Waals surface area contributed by atoms with Crippen molar-refractivity contribution in [3.05, 3.63) is 29.6 Å². The number of nitrogens with one attached hydrogen (secondary N) is 1. The Bertz CT molecular complexity index is 419. The number of thioether (sulfide) groups is 1. The number of thiocarbonyl (C=S) groups is 1. The molecule has 2 nitrogen and oxygen atoms in total. The molecular formula is C12H17FN2S2. The molecule has 1 aromatic rings. The molecule has 0 amide bonds. The number of halogens is 1. The first-order valence-corrected chi connectivity index (χ1v) is 6.87. The molecule has 0 aromatic heterocycles. The van der Waals surface area contributed by atoms with Gasteiger partial charge in [0.25, 0.3) is 0 Å². The fourth-order valence-electron chi connectivity index (χ4n) is 1.25. The second-order valence-electron chi connectivity index (χ2n) is 4.37. The quantitative estimate of drug-likeness (QED) is 0.808. The van der Waals surface area contributed by atoms with Crippen molar-refractivity contribution >= 4 is 34.7 Å². The third-order valence-electron chi connectivity index (χ3n) is 2.50. The lowest BCUT2D eigenvalue weighted by Gasteiger charge is -2.23. The highest BCUT2D eigenvalue weighted by atomic mass is 32.2. The minimum atomic E-state index is -0.331. The molecule has 0 saturated carbocycles. The van der Waals surface area contributed by atoms with Gasteiger partial charge in [0, 0.05) is 22.5 Å². The summed E-state index contributed by atoms with van der Waals surface area (Å²) < 4.78 is 13.2. The van der Waals surface area contributed by atoms with E-state index in [0.29, 0.717) is 5.56 Å². The van der Waals surface area contributed by atoms with Gasteiger partial charge in [-0.15, -0.1) is 0 Å². The van der Waals surface area contributed by atoms with Crippen molar-refractivity contribution in [2.45, 2.75) is 18.6 Å². The molecule has 5 heteroatoms. The lowest BCUT2D eigenvalue weighted by molar-refractivity contribution is 0.627. The second kappa shape index (κ2) is 5.69. The highest BCUT2D eigenvalue weighted by Gasteiger charge is 2.16. The zero-order valence-corrected chi connectivity index (χ0v) is 11.8. The third kappa shape index (κ3) is 4.16. The summed E-state index contributed by atoms with van der Waals surface area (Å²) in [7, 11) is 0. The molecule has 94 valence electrons. The molecule has 1 rings (SSSR count). The molecule has 0 heterocycles. The van der Waals surface area contributed by atoms with Crippen LogP contribution in [-0.2, 0) is 0 Å². The second-order valence-corrected chi connectivity index (χ2v) is 6.32. The van der Waals surface area contributed by atoms with E-state index >= 15 is 0 Å². The summed E-state index contributed by atoms with van der Waals surface area (Å²) >= 11 is 6.67. The van der Waals surface area contributed by atoms with Gasteiger partial charge in [-0.05, 0) is 38.3 Å². The van der Waals surface area contributed by atoms with Crippen molar-refractivity contribution in [2.75, 3.05) is 18.1 Å². The van der Waals surface area contributed by atoms with Crippen molar-refractivity contribution in [3.8, 4) is 0 Å². The summed E-state index contributed by atoms with van der Waals surface area (Å²) in [5.74, 6) is -0.331. The maximum absolute atomic E-state index is 13.1. The van der Waals surface area contributed by atoms with Crippen LogP contribution >= 0.6 is 24.0 Å². The Morgan fingerprint density at radius 2 is 2.18 bits per heavy atom. The Morgan fingerprint density at radius 1 is 1.53 bits per heavy atom. The summed E-state index contributed by atoms with van der Waals surface area (Å²) in [6.07, 6.45) is 2.06. The standard InChI is InChI=1S/C12H17FN2S2/c1-12(2,17-3)7-15-10-5-4-8(13)6-9(10)11(14)16/h4-6,15H,7H2,1-3H3,(H2,14,16). The number of benzene rings is 1. The summed E-state index contributed by atoms with van der Waals surface area (Å²) in [5.41, 5.74) is 6.91. The van der Waals surface area contributed by atoms with Gasteiger partial charge in [0.05, 0.1) is 0 Å². The van der Waals surface area contributed by atoms with E-state index in [1.807, 2.05) is 0 Å². The molecule has 0 radical (unpaired) electrons. The van der Waals surface area contributed by atoms with Crippen LogP contribution in [0, 0.1) is 5.82 Å². The van der Waals surface area contributed by atoms with Crippen LogP contribution in [0.25, 0.3) is 0 Å². The van der Waals surface area contributed by atoms with Crippen LogP contribution in [0.5, 0.6) is 0 Å². The highest BCUT2D eigenvalue weighted by Crippen LogP contribution is 2.23. The molecule has 0 aliphatic carbocycles. The van der Waals surface area contributed by atoms with Gasteiger partial charge in [0.1, 0.15) is 10.8 Å². The maximum Gasteiger partial charge on any atom is 0.124 e. The zero-order chi connectivity index (χ0) is 13.1. The van der Waals surface area contributed by atoms with Gasteiger partial charge >= 0.3 is 0 Å². The van der Waals surface area contributed by atoms with Crippen molar-refractivity contribution < 1.29 is 4.39 Å². The van der Waals surface area contributed by atoms with Gasteiger partial charge in [-0.1, -0.05) is 12.2 Å². The predicted octanol–water partition coefficient (Wildman–Crippen LogP) is 3.01. The van der Waals surface area contributed by atoms with Gasteiger partial charge in [0.15, 0.2) is 0 Å². The largest absolute Gasteiger partial charge is 0.389 e. The molecule has 0 unspecified atom stereocenters. The number of hydrogen-bond donors (Lipinski definition) is 2. The predicted molar refractivity (Wildman–Crippen MR) is 78.4 cm³/mol. The van der Waals surface area contributed by atoms with Crippen LogP contribution in [0.2, 0.25) is 0 Å². The average molecular weight is 272 g/mol. The van der Waals surface area contributed by atoms with Gasteiger partial charge in [-0.2, -0.15) is 11.8 Å². The first-order chi connectivity index (χ1) is 7.85. The van der Waals surface area contributed by atoms with Gasteiger partial charge in [0.2, 0.25) is 0 Å². The van der Waals surface area contributed by atoms with E-state index < -0.39 is 0 Å². The van der Waals surface area contributed by atoms with Gasteiger partial charge in [-0.25, -0.2) is 4.39 Å². The van der Waals surface area contributed by atoms with E-state index in [-0.39, 0.29) is 15.6 Å². The normalized spacial score (nSPS) is 11.3. The Kier molecular flexibility index (Phi) is 4.77. The van der Waals surface area contributed by atoms with Crippen LogP contribution in [-0.4, -0.2) is 22.5 Å². The zero-order valence-electron chi connectivity index (χ0n) is 10.2. The van der Waals surface area contributed by atoms with Crippen LogP contribution in [0.1, 0.15) is 19.4 Å². The van der Waals surface area contributed by atoms with E-state index in [0.717, 1.165) is 12.2 Å². The van der Waals surface area contributed by atoms with Crippen LogP contribution < -0.4 is 11.1 Å². The maximum atomic E-state index is 13.1. The summed E-state index contributed by atoms with van der Waals surface area (Å²) in [6, 6.07) is 4.42. The molecule has 3 N–H and O–H groups in total. The molecule has 0 aliphatic heterocycles. The summed E-state index contributed by atoms with van der Waals surface area (Å²) in [4.78, 5) is 0.203. The molecule has 1 aromatic carbocycles. The van der Waals surface area contributed by atoms with E-state index in [2.05, 4.69) is 25.4 Å². The minimum absolute atomic E-state index is 0.0991. The topological polar surface area (TPSA) is 38.0 Å². The van der Waals surface area contributed by atoms with Crippen molar-refractivity contribution in [1.29, 1.82) is 0 Å². The van der Waals surface area contributed by atoms with Crippen LogP contribution in [0.4, 0.5) is 10.1 Å². The first kappa shape index (κ1) is 14.3. The Labute approximate surface area is 111 Å². The van der Waals surface area contributed by atoms with E-state index in [4.69, 9.17) is 18.0 Å². The number of hydrogen-bond acceptors (Lipinski definition) is 3. The van der Waals surface area contributed by atoms with Crippen molar-refractivity contribution in [1.82, 2.24) is 0 Å². The number of rotatable bonds is 5. The van der Waals surface area contributed by atoms with E-state index in [1.54, 1.807) is 17.8 Å². The number of anilines is 1. The molecule has 0 aliphatic rings. The molecule has 0 bridgehead atoms. The monoisotopic (exact) mass is 272 g/mol. The average Bonchev–Trinajstić information content (AvgIpc) is 2.27. The van der Waals surface area contributed by atoms with Gasteiger partial charge < -0.3 is 11.1 Å². The SMILES string of the molecule is CSC(C)(C)CNc1ccc(F)cc1C(N)=S. The molecule has 0 saturated heterocycles. The molecular weight excluding hydrogens is 255 g/mol. The minimum Gasteiger partial charge on any atom is -0.389 e. The van der Waals surface area contributed by atoms with E-state index in [1.165, 1.54) is 12.1 Å². The molecule has 17 heavy (non-hydrogen) atoms. The Hall–Kier alpha value is -0.810. The molecule has 0 atom stereocenters. The van der Waals surface area contributed by atoms with Gasteiger partial charge in [-0.3, -0.25) is 0 Å². The van der Waals surface area contributed by atoms with Crippen molar-refractivity contribution in [2.24, 2.45) is 5.73 Å². The lowest BCUT2D eigenvalue weighted by Crippen LogP contribution is -2.27. The summed E-state index contributed by atoms with van der Waals surface area (Å²) in [6.45, 7) is 5.03. The smallest absolute Gasteiger partial charge is 0.124 e. The number of nitrogens with two attached hydrogens (primary N) is 1. The van der Waals surface area contributed by atoms with Crippen molar-refractivity contribution in [3.63, 3.8) is 0 Å². The summed E-state index contributed by atoms with van der Waals surface area (Å²) in [5, 5.41) is 3.26. The van der Waals surface area contributed by atoms with Crippen LogP contribution in [0.3, 0.4) is 0 Å². The first-order valence-electron chi connectivity index (χ1n) is 5.24.